The first kappa shape index (κ1) is 22.2. The number of anilines is 2. The summed E-state index contributed by atoms with van der Waals surface area (Å²) in [4.78, 5) is 11.7. The quantitative estimate of drug-likeness (QED) is 0.437. The highest BCUT2D eigenvalue weighted by Gasteiger charge is 2.22. The van der Waals surface area contributed by atoms with Gasteiger partial charge in [0.2, 0.25) is 15.9 Å². The Morgan fingerprint density at radius 3 is 2.41 bits per heavy atom. The summed E-state index contributed by atoms with van der Waals surface area (Å²) in [5.74, 6) is 1.27. The summed E-state index contributed by atoms with van der Waals surface area (Å²) in [5.41, 5.74) is 2.71. The molecule has 1 saturated heterocycles. The van der Waals surface area contributed by atoms with Crippen molar-refractivity contribution in [1.29, 1.82) is 0 Å². The first-order valence-corrected chi connectivity index (χ1v) is 12.8. The lowest BCUT2D eigenvalue weighted by Gasteiger charge is -2.28. The highest BCUT2D eigenvalue weighted by Crippen LogP contribution is 2.35. The normalized spacial score (nSPS) is 14.4. The molecule has 176 valence electrons. The van der Waals surface area contributed by atoms with Crippen LogP contribution in [0.2, 0.25) is 0 Å². The number of hydrogen-bond donors (Lipinski definition) is 2. The van der Waals surface area contributed by atoms with E-state index in [0.717, 1.165) is 23.0 Å². The van der Waals surface area contributed by atoms with Crippen molar-refractivity contribution in [2.45, 2.75) is 6.54 Å². The Balaban J connectivity index is 1.59. The lowest BCUT2D eigenvalue weighted by molar-refractivity contribution is 0.122. The monoisotopic (exact) mass is 479 g/mol. The molecule has 0 bridgehead atoms. The van der Waals surface area contributed by atoms with Crippen molar-refractivity contribution in [3.8, 4) is 17.3 Å². The number of nitrogens with one attached hydrogen (secondary N) is 1. The number of rotatable bonds is 6. The second-order valence-electron chi connectivity index (χ2n) is 8.25. The van der Waals surface area contributed by atoms with E-state index in [2.05, 4.69) is 14.6 Å². The second-order valence-corrected chi connectivity index (χ2v) is 10.00. The number of fused-ring (bicyclic) bond motifs is 1. The predicted octanol–water partition coefficient (Wildman–Crippen LogP) is 3.06. The number of aromatic nitrogens is 3. The molecule has 0 radical (unpaired) electrons. The van der Waals surface area contributed by atoms with Gasteiger partial charge in [-0.2, -0.15) is 0 Å². The molecule has 1 aliphatic heterocycles. The van der Waals surface area contributed by atoms with Crippen molar-refractivity contribution in [1.82, 2.24) is 14.5 Å². The first-order chi connectivity index (χ1) is 16.4. The summed E-state index contributed by atoms with van der Waals surface area (Å²) in [6.07, 6.45) is 3.00. The van der Waals surface area contributed by atoms with E-state index in [9.17, 15) is 13.5 Å². The van der Waals surface area contributed by atoms with Crippen molar-refractivity contribution in [2.75, 3.05) is 42.2 Å². The Morgan fingerprint density at radius 2 is 1.74 bits per heavy atom. The zero-order valence-electron chi connectivity index (χ0n) is 18.7. The van der Waals surface area contributed by atoms with Gasteiger partial charge in [0.15, 0.2) is 5.82 Å². The first-order valence-electron chi connectivity index (χ1n) is 10.9. The van der Waals surface area contributed by atoms with Gasteiger partial charge in [-0.15, -0.1) is 0 Å². The van der Waals surface area contributed by atoms with Gasteiger partial charge < -0.3 is 19.3 Å². The van der Waals surface area contributed by atoms with Crippen LogP contribution in [0.15, 0.2) is 60.8 Å². The molecule has 2 aromatic carbocycles. The molecule has 5 rings (SSSR count). The van der Waals surface area contributed by atoms with E-state index < -0.39 is 10.0 Å². The molecule has 3 heterocycles. The van der Waals surface area contributed by atoms with Gasteiger partial charge >= 0.3 is 0 Å². The van der Waals surface area contributed by atoms with E-state index in [1.807, 2.05) is 36.5 Å². The smallest absolute Gasteiger partial charge is 0.229 e. The molecule has 2 N–H and O–H groups in total. The number of benzene rings is 2. The molecule has 0 aliphatic carbocycles. The minimum absolute atomic E-state index is 0.0763. The van der Waals surface area contributed by atoms with Gasteiger partial charge in [-0.25, -0.2) is 18.4 Å². The molecule has 1 fully saturated rings. The summed E-state index contributed by atoms with van der Waals surface area (Å²) in [5, 5.41) is 11.8. The van der Waals surface area contributed by atoms with Crippen LogP contribution in [0.3, 0.4) is 0 Å². The number of nitrogens with zero attached hydrogens (tertiary/aromatic N) is 4. The van der Waals surface area contributed by atoms with E-state index in [-0.39, 0.29) is 5.88 Å². The summed E-state index contributed by atoms with van der Waals surface area (Å²) in [6, 6.07) is 16.8. The van der Waals surface area contributed by atoms with Crippen LogP contribution in [0.5, 0.6) is 5.88 Å². The third-order valence-electron chi connectivity index (χ3n) is 5.65. The molecule has 9 nitrogen and oxygen atoms in total. The number of sulfonamides is 1. The number of hydrogen-bond acceptors (Lipinski definition) is 7. The summed E-state index contributed by atoms with van der Waals surface area (Å²) in [6.45, 7) is 3.08. The maximum Gasteiger partial charge on any atom is 0.229 e. The van der Waals surface area contributed by atoms with Crippen LogP contribution in [0.25, 0.3) is 22.3 Å². The fourth-order valence-corrected chi connectivity index (χ4v) is 4.61. The molecule has 2 aromatic heterocycles. The minimum atomic E-state index is -3.37. The van der Waals surface area contributed by atoms with Gasteiger partial charge in [-0.05, 0) is 29.8 Å². The summed E-state index contributed by atoms with van der Waals surface area (Å²) < 4.78 is 32.8. The average Bonchev–Trinajstić information content (AvgIpc) is 3.14. The van der Waals surface area contributed by atoms with Gasteiger partial charge in [-0.3, -0.25) is 4.72 Å². The molecule has 34 heavy (non-hydrogen) atoms. The molecule has 0 saturated carbocycles. The predicted molar refractivity (Wildman–Crippen MR) is 132 cm³/mol. The summed E-state index contributed by atoms with van der Waals surface area (Å²) in [7, 11) is -3.37. The topological polar surface area (TPSA) is 110 Å². The summed E-state index contributed by atoms with van der Waals surface area (Å²) >= 11 is 0. The number of morpholine rings is 1. The maximum atomic E-state index is 11.5. The van der Waals surface area contributed by atoms with Crippen LogP contribution >= 0.6 is 0 Å². The number of aromatic hydroxyl groups is 1. The minimum Gasteiger partial charge on any atom is -0.493 e. The lowest BCUT2D eigenvalue weighted by Crippen LogP contribution is -2.37. The van der Waals surface area contributed by atoms with Gasteiger partial charge in [0.25, 0.3) is 0 Å². The number of ether oxygens (including phenoxy) is 1. The van der Waals surface area contributed by atoms with E-state index in [4.69, 9.17) is 9.72 Å². The van der Waals surface area contributed by atoms with Gasteiger partial charge in [0.1, 0.15) is 11.3 Å². The maximum absolute atomic E-state index is 11.5. The third kappa shape index (κ3) is 4.68. The van der Waals surface area contributed by atoms with Crippen LogP contribution in [-0.4, -0.2) is 60.6 Å². The molecule has 10 heteroatoms. The van der Waals surface area contributed by atoms with Crippen LogP contribution in [0.1, 0.15) is 5.56 Å². The van der Waals surface area contributed by atoms with E-state index in [0.29, 0.717) is 55.4 Å². The van der Waals surface area contributed by atoms with Crippen LogP contribution < -0.4 is 9.62 Å². The van der Waals surface area contributed by atoms with Crippen molar-refractivity contribution in [3.05, 3.63) is 66.4 Å². The van der Waals surface area contributed by atoms with Gasteiger partial charge in [0.05, 0.1) is 31.4 Å². The van der Waals surface area contributed by atoms with Crippen molar-refractivity contribution in [3.63, 3.8) is 0 Å². The zero-order chi connectivity index (χ0) is 23.7. The van der Waals surface area contributed by atoms with E-state index in [1.54, 1.807) is 28.8 Å². The molecule has 4 aromatic rings. The van der Waals surface area contributed by atoms with Gasteiger partial charge in [0, 0.05) is 30.5 Å². The van der Waals surface area contributed by atoms with Gasteiger partial charge in [-0.1, -0.05) is 30.3 Å². The fourth-order valence-electron chi connectivity index (χ4n) is 4.05. The highest BCUT2D eigenvalue weighted by atomic mass is 32.2. The Bertz CT molecular complexity index is 1410. The largest absolute Gasteiger partial charge is 0.493 e. The molecule has 0 unspecified atom stereocenters. The average molecular weight is 480 g/mol. The molecule has 0 atom stereocenters. The zero-order valence-corrected chi connectivity index (χ0v) is 19.5. The molecule has 1 aliphatic rings. The standard InChI is InChI=1S/C24H25N5O4S/c1-34(31,32)27-19-9-7-18(8-10-19)22-25-21-20(23(26-22)28-11-13-33-14-12-28)16-29(24(21)30)15-17-5-3-2-4-6-17/h2-10,16,27,30H,11-15H2,1H3. The second kappa shape index (κ2) is 8.96. The Morgan fingerprint density at radius 1 is 1.03 bits per heavy atom. The van der Waals surface area contributed by atoms with Crippen LogP contribution in [0.4, 0.5) is 11.5 Å². The molecule has 0 spiro atoms. The highest BCUT2D eigenvalue weighted by molar-refractivity contribution is 7.92. The van der Waals surface area contributed by atoms with E-state index >= 15 is 0 Å². The molecule has 0 amide bonds. The third-order valence-corrected chi connectivity index (χ3v) is 6.25. The molecular weight excluding hydrogens is 454 g/mol. The van der Waals surface area contributed by atoms with Crippen molar-refractivity contribution < 1.29 is 18.3 Å². The Hall–Kier alpha value is -3.63. The lowest BCUT2D eigenvalue weighted by atomic mass is 10.2. The fraction of sp³-hybridized carbons (Fsp3) is 0.250. The SMILES string of the molecule is CS(=O)(=O)Nc1ccc(-c2nc(N3CCOCC3)c3cn(Cc4ccccc4)c(O)c3n2)cc1. The van der Waals surface area contributed by atoms with E-state index in [1.165, 1.54) is 0 Å². The van der Waals surface area contributed by atoms with Crippen LogP contribution in [-0.2, 0) is 21.3 Å². The Kier molecular flexibility index (Phi) is 5.84. The van der Waals surface area contributed by atoms with Crippen molar-refractivity contribution >= 4 is 32.4 Å². The molecular formula is C24H25N5O4S. The van der Waals surface area contributed by atoms with Crippen molar-refractivity contribution in [2.24, 2.45) is 0 Å². The Labute approximate surface area is 197 Å². The van der Waals surface area contributed by atoms with Crippen LogP contribution in [0, 0.1) is 0 Å².